The van der Waals surface area contributed by atoms with Crippen LogP contribution in [0.2, 0.25) is 0 Å². The minimum atomic E-state index is -0.830. The lowest BCUT2D eigenvalue weighted by atomic mass is 10.0. The van der Waals surface area contributed by atoms with Crippen LogP contribution < -0.4 is 0 Å². The SMILES string of the molecule is O=C(O)Cc1ccccc1-c1ccccn1. The van der Waals surface area contributed by atoms with Crippen LogP contribution in [0.15, 0.2) is 48.7 Å². The van der Waals surface area contributed by atoms with Gasteiger partial charge in [-0.2, -0.15) is 0 Å². The number of rotatable bonds is 3. The average Bonchev–Trinajstić information content (AvgIpc) is 2.30. The molecule has 0 aliphatic carbocycles. The van der Waals surface area contributed by atoms with E-state index >= 15 is 0 Å². The third kappa shape index (κ3) is 2.25. The fraction of sp³-hybridized carbons (Fsp3) is 0.0769. The zero-order chi connectivity index (χ0) is 11.4. The maximum absolute atomic E-state index is 10.7. The highest BCUT2D eigenvalue weighted by atomic mass is 16.4. The van der Waals surface area contributed by atoms with E-state index < -0.39 is 5.97 Å². The van der Waals surface area contributed by atoms with Gasteiger partial charge in [0.1, 0.15) is 0 Å². The lowest BCUT2D eigenvalue weighted by molar-refractivity contribution is -0.136. The van der Waals surface area contributed by atoms with Crippen LogP contribution in [0.5, 0.6) is 0 Å². The molecule has 2 rings (SSSR count). The molecule has 1 aromatic heterocycles. The summed E-state index contributed by atoms with van der Waals surface area (Å²) in [7, 11) is 0. The normalized spacial score (nSPS) is 10.0. The van der Waals surface area contributed by atoms with Crippen molar-refractivity contribution in [3.63, 3.8) is 0 Å². The molecule has 2 aromatic rings. The van der Waals surface area contributed by atoms with Gasteiger partial charge in [0.15, 0.2) is 0 Å². The molecule has 0 unspecified atom stereocenters. The van der Waals surface area contributed by atoms with Crippen molar-refractivity contribution in [3.8, 4) is 11.3 Å². The smallest absolute Gasteiger partial charge is 0.307 e. The molecule has 1 heterocycles. The van der Waals surface area contributed by atoms with Crippen LogP contribution in [-0.2, 0) is 11.2 Å². The number of carbonyl (C=O) groups is 1. The molecular formula is C13H11NO2. The summed E-state index contributed by atoms with van der Waals surface area (Å²) >= 11 is 0. The van der Waals surface area contributed by atoms with Crippen molar-refractivity contribution in [2.75, 3.05) is 0 Å². The number of hydrogen-bond acceptors (Lipinski definition) is 2. The molecule has 0 fully saturated rings. The van der Waals surface area contributed by atoms with Crippen LogP contribution in [0.25, 0.3) is 11.3 Å². The fourth-order valence-electron chi connectivity index (χ4n) is 1.61. The van der Waals surface area contributed by atoms with Crippen molar-refractivity contribution in [2.24, 2.45) is 0 Å². The Morgan fingerprint density at radius 1 is 1.12 bits per heavy atom. The van der Waals surface area contributed by atoms with Gasteiger partial charge in [0, 0.05) is 11.8 Å². The molecule has 16 heavy (non-hydrogen) atoms. The van der Waals surface area contributed by atoms with E-state index in [1.165, 1.54) is 0 Å². The molecule has 1 aromatic carbocycles. The van der Waals surface area contributed by atoms with Crippen molar-refractivity contribution in [1.29, 1.82) is 0 Å². The molecule has 3 heteroatoms. The molecule has 0 bridgehead atoms. The predicted molar refractivity (Wildman–Crippen MR) is 61.0 cm³/mol. The molecule has 0 saturated heterocycles. The van der Waals surface area contributed by atoms with Gasteiger partial charge in [-0.15, -0.1) is 0 Å². The van der Waals surface area contributed by atoms with Crippen molar-refractivity contribution in [1.82, 2.24) is 4.98 Å². The Balaban J connectivity index is 2.44. The van der Waals surface area contributed by atoms with Crippen LogP contribution in [0, 0.1) is 0 Å². The van der Waals surface area contributed by atoms with E-state index in [-0.39, 0.29) is 6.42 Å². The summed E-state index contributed by atoms with van der Waals surface area (Å²) in [6.45, 7) is 0. The fourth-order valence-corrected chi connectivity index (χ4v) is 1.61. The summed E-state index contributed by atoms with van der Waals surface area (Å²) in [4.78, 5) is 15.0. The van der Waals surface area contributed by atoms with Gasteiger partial charge in [0.2, 0.25) is 0 Å². The third-order valence-corrected chi connectivity index (χ3v) is 2.30. The average molecular weight is 213 g/mol. The van der Waals surface area contributed by atoms with Crippen molar-refractivity contribution in [3.05, 3.63) is 54.2 Å². The second-order valence-corrected chi connectivity index (χ2v) is 3.44. The van der Waals surface area contributed by atoms with Crippen LogP contribution in [0.1, 0.15) is 5.56 Å². The summed E-state index contributed by atoms with van der Waals surface area (Å²) in [5.41, 5.74) is 2.47. The Labute approximate surface area is 93.4 Å². The highest BCUT2D eigenvalue weighted by molar-refractivity contribution is 5.75. The first-order chi connectivity index (χ1) is 7.77. The second kappa shape index (κ2) is 4.57. The first kappa shape index (κ1) is 10.4. The first-order valence-corrected chi connectivity index (χ1v) is 4.98. The van der Waals surface area contributed by atoms with E-state index in [2.05, 4.69) is 4.98 Å². The number of carboxylic acid groups (broad SMARTS) is 1. The Bertz CT molecular complexity index is 494. The molecule has 0 saturated carbocycles. The second-order valence-electron chi connectivity index (χ2n) is 3.44. The minimum absolute atomic E-state index is 0.0206. The van der Waals surface area contributed by atoms with Crippen molar-refractivity contribution in [2.45, 2.75) is 6.42 Å². The van der Waals surface area contributed by atoms with Gasteiger partial charge in [-0.1, -0.05) is 30.3 Å². The van der Waals surface area contributed by atoms with Crippen LogP contribution in [0.3, 0.4) is 0 Å². The Morgan fingerprint density at radius 3 is 2.56 bits per heavy atom. The van der Waals surface area contributed by atoms with Gasteiger partial charge in [-0.3, -0.25) is 9.78 Å². The van der Waals surface area contributed by atoms with E-state index in [1.807, 2.05) is 42.5 Å². The minimum Gasteiger partial charge on any atom is -0.481 e. The highest BCUT2D eigenvalue weighted by Crippen LogP contribution is 2.21. The summed E-state index contributed by atoms with van der Waals surface area (Å²) in [6.07, 6.45) is 1.72. The maximum Gasteiger partial charge on any atom is 0.307 e. The summed E-state index contributed by atoms with van der Waals surface area (Å²) < 4.78 is 0. The number of carboxylic acids is 1. The summed E-state index contributed by atoms with van der Waals surface area (Å²) in [5.74, 6) is -0.830. The topological polar surface area (TPSA) is 50.2 Å². The van der Waals surface area contributed by atoms with Crippen LogP contribution in [-0.4, -0.2) is 16.1 Å². The number of hydrogen-bond donors (Lipinski definition) is 1. The standard InChI is InChI=1S/C13H11NO2/c15-13(16)9-10-5-1-2-6-11(10)12-7-3-4-8-14-12/h1-8H,9H2,(H,15,16). The number of benzene rings is 1. The van der Waals surface area contributed by atoms with E-state index in [0.717, 1.165) is 16.8 Å². The Kier molecular flexibility index (Phi) is 2.96. The molecule has 0 radical (unpaired) electrons. The van der Waals surface area contributed by atoms with Crippen molar-refractivity contribution < 1.29 is 9.90 Å². The van der Waals surface area contributed by atoms with Gasteiger partial charge < -0.3 is 5.11 Å². The van der Waals surface area contributed by atoms with E-state index in [9.17, 15) is 4.79 Å². The Morgan fingerprint density at radius 2 is 1.88 bits per heavy atom. The zero-order valence-corrected chi connectivity index (χ0v) is 8.63. The lowest BCUT2D eigenvalue weighted by Crippen LogP contribution is -2.02. The molecule has 1 N–H and O–H groups in total. The molecule has 0 amide bonds. The van der Waals surface area contributed by atoms with Gasteiger partial charge in [0.25, 0.3) is 0 Å². The zero-order valence-electron chi connectivity index (χ0n) is 8.63. The first-order valence-electron chi connectivity index (χ1n) is 4.98. The lowest BCUT2D eigenvalue weighted by Gasteiger charge is -2.06. The van der Waals surface area contributed by atoms with E-state index in [0.29, 0.717) is 0 Å². The molecule has 0 aliphatic rings. The number of aromatic nitrogens is 1. The highest BCUT2D eigenvalue weighted by Gasteiger charge is 2.08. The van der Waals surface area contributed by atoms with Crippen molar-refractivity contribution >= 4 is 5.97 Å². The van der Waals surface area contributed by atoms with Gasteiger partial charge in [0.05, 0.1) is 12.1 Å². The molecule has 3 nitrogen and oxygen atoms in total. The molecular weight excluding hydrogens is 202 g/mol. The molecule has 0 atom stereocenters. The largest absolute Gasteiger partial charge is 0.481 e. The summed E-state index contributed by atoms with van der Waals surface area (Å²) in [5, 5.41) is 8.82. The van der Waals surface area contributed by atoms with Crippen LogP contribution >= 0.6 is 0 Å². The molecule has 0 spiro atoms. The van der Waals surface area contributed by atoms with Gasteiger partial charge >= 0.3 is 5.97 Å². The van der Waals surface area contributed by atoms with Gasteiger partial charge in [-0.25, -0.2) is 0 Å². The number of pyridine rings is 1. The Hall–Kier alpha value is -2.16. The van der Waals surface area contributed by atoms with Crippen LogP contribution in [0.4, 0.5) is 0 Å². The van der Waals surface area contributed by atoms with E-state index in [4.69, 9.17) is 5.11 Å². The number of nitrogens with zero attached hydrogens (tertiary/aromatic N) is 1. The predicted octanol–water partition coefficient (Wildman–Crippen LogP) is 2.38. The molecule has 80 valence electrons. The quantitative estimate of drug-likeness (QED) is 0.851. The monoisotopic (exact) mass is 213 g/mol. The van der Waals surface area contributed by atoms with Gasteiger partial charge in [-0.05, 0) is 17.7 Å². The molecule has 0 aliphatic heterocycles. The number of aliphatic carboxylic acids is 1. The van der Waals surface area contributed by atoms with E-state index in [1.54, 1.807) is 6.20 Å². The summed E-state index contributed by atoms with van der Waals surface area (Å²) in [6, 6.07) is 13.0. The third-order valence-electron chi connectivity index (χ3n) is 2.30. The maximum atomic E-state index is 10.7.